The van der Waals surface area contributed by atoms with Gasteiger partial charge in [-0.25, -0.2) is 0 Å². The SMILES string of the molecule is COc1ccccc1N1CC[NH+](CC(=O)Nc2c(C)cc(C)cc2C)CC1. The van der Waals surface area contributed by atoms with E-state index in [1.807, 2.05) is 18.2 Å². The van der Waals surface area contributed by atoms with Gasteiger partial charge in [-0.2, -0.15) is 0 Å². The van der Waals surface area contributed by atoms with Gasteiger partial charge in [0.2, 0.25) is 0 Å². The van der Waals surface area contributed by atoms with Gasteiger partial charge in [0.15, 0.2) is 6.54 Å². The molecule has 1 aliphatic rings. The molecule has 1 fully saturated rings. The number of quaternary nitrogens is 1. The molecule has 27 heavy (non-hydrogen) atoms. The Morgan fingerprint density at radius 3 is 2.37 bits per heavy atom. The van der Waals surface area contributed by atoms with Gasteiger partial charge in [-0.05, 0) is 44.0 Å². The molecule has 2 aromatic carbocycles. The van der Waals surface area contributed by atoms with Gasteiger partial charge >= 0.3 is 0 Å². The number of hydrogen-bond donors (Lipinski definition) is 2. The molecule has 3 rings (SSSR count). The summed E-state index contributed by atoms with van der Waals surface area (Å²) >= 11 is 0. The Labute approximate surface area is 161 Å². The van der Waals surface area contributed by atoms with E-state index in [4.69, 9.17) is 4.74 Å². The van der Waals surface area contributed by atoms with Crippen molar-refractivity contribution in [3.05, 3.63) is 53.1 Å². The summed E-state index contributed by atoms with van der Waals surface area (Å²) in [6, 6.07) is 12.3. The number of carbonyl (C=O) groups excluding carboxylic acids is 1. The Morgan fingerprint density at radius 2 is 1.74 bits per heavy atom. The molecule has 0 aromatic heterocycles. The highest BCUT2D eigenvalue weighted by Crippen LogP contribution is 2.27. The van der Waals surface area contributed by atoms with Gasteiger partial charge in [0.1, 0.15) is 5.75 Å². The highest BCUT2D eigenvalue weighted by Gasteiger charge is 2.24. The second-order valence-electron chi connectivity index (χ2n) is 7.41. The number of nitrogens with one attached hydrogen (secondary N) is 2. The molecule has 0 unspecified atom stereocenters. The predicted octanol–water partition coefficient (Wildman–Crippen LogP) is 1.96. The van der Waals surface area contributed by atoms with Crippen LogP contribution in [0.1, 0.15) is 16.7 Å². The first-order chi connectivity index (χ1) is 13.0. The van der Waals surface area contributed by atoms with Crippen molar-refractivity contribution in [2.75, 3.05) is 50.1 Å². The summed E-state index contributed by atoms with van der Waals surface area (Å²) in [4.78, 5) is 16.2. The second kappa shape index (κ2) is 8.44. The molecule has 0 atom stereocenters. The van der Waals surface area contributed by atoms with Gasteiger partial charge in [-0.3, -0.25) is 4.79 Å². The molecule has 1 heterocycles. The van der Waals surface area contributed by atoms with Crippen molar-refractivity contribution in [3.63, 3.8) is 0 Å². The van der Waals surface area contributed by atoms with E-state index in [0.717, 1.165) is 54.4 Å². The summed E-state index contributed by atoms with van der Waals surface area (Å²) in [7, 11) is 1.71. The Hall–Kier alpha value is -2.53. The van der Waals surface area contributed by atoms with Crippen LogP contribution in [0.3, 0.4) is 0 Å². The van der Waals surface area contributed by atoms with Crippen LogP contribution in [0.4, 0.5) is 11.4 Å². The average molecular weight is 369 g/mol. The van der Waals surface area contributed by atoms with Gasteiger partial charge in [-0.1, -0.05) is 29.8 Å². The summed E-state index contributed by atoms with van der Waals surface area (Å²) in [6.07, 6.45) is 0. The fraction of sp³-hybridized carbons (Fsp3) is 0.409. The van der Waals surface area contributed by atoms with Gasteiger partial charge < -0.3 is 19.9 Å². The molecular formula is C22H30N3O2+. The van der Waals surface area contributed by atoms with Crippen molar-refractivity contribution in [2.24, 2.45) is 0 Å². The Bertz CT molecular complexity index is 788. The molecular weight excluding hydrogens is 338 g/mol. The van der Waals surface area contributed by atoms with Crippen LogP contribution in [0.2, 0.25) is 0 Å². The van der Waals surface area contributed by atoms with Crippen LogP contribution in [0.15, 0.2) is 36.4 Å². The van der Waals surface area contributed by atoms with Crippen LogP contribution in [0.25, 0.3) is 0 Å². The van der Waals surface area contributed by atoms with Crippen molar-refractivity contribution < 1.29 is 14.4 Å². The summed E-state index contributed by atoms with van der Waals surface area (Å²) in [5.41, 5.74) is 5.56. The number of rotatable bonds is 5. The predicted molar refractivity (Wildman–Crippen MR) is 110 cm³/mol. The number of methoxy groups -OCH3 is 1. The minimum absolute atomic E-state index is 0.0887. The number of aryl methyl sites for hydroxylation is 3. The van der Waals surface area contributed by atoms with Crippen molar-refractivity contribution >= 4 is 17.3 Å². The van der Waals surface area contributed by atoms with E-state index in [1.165, 1.54) is 10.5 Å². The minimum atomic E-state index is 0.0887. The number of anilines is 2. The smallest absolute Gasteiger partial charge is 0.279 e. The number of benzene rings is 2. The monoisotopic (exact) mass is 368 g/mol. The lowest BCUT2D eigenvalue weighted by molar-refractivity contribution is -0.892. The third-order valence-corrected chi connectivity index (χ3v) is 5.25. The first-order valence-corrected chi connectivity index (χ1v) is 9.57. The zero-order valence-electron chi connectivity index (χ0n) is 16.8. The molecule has 0 radical (unpaired) electrons. The Morgan fingerprint density at radius 1 is 1.11 bits per heavy atom. The van der Waals surface area contributed by atoms with E-state index < -0.39 is 0 Å². The lowest BCUT2D eigenvalue weighted by atomic mass is 10.1. The van der Waals surface area contributed by atoms with Crippen molar-refractivity contribution in [2.45, 2.75) is 20.8 Å². The molecule has 0 bridgehead atoms. The zero-order chi connectivity index (χ0) is 19.4. The van der Waals surface area contributed by atoms with E-state index in [0.29, 0.717) is 6.54 Å². The van der Waals surface area contributed by atoms with Crippen LogP contribution >= 0.6 is 0 Å². The number of amides is 1. The Balaban J connectivity index is 1.56. The summed E-state index contributed by atoms with van der Waals surface area (Å²) < 4.78 is 5.47. The van der Waals surface area contributed by atoms with Crippen LogP contribution in [0.5, 0.6) is 5.75 Å². The number of piperazine rings is 1. The highest BCUT2D eigenvalue weighted by atomic mass is 16.5. The third-order valence-electron chi connectivity index (χ3n) is 5.25. The highest BCUT2D eigenvalue weighted by molar-refractivity contribution is 5.93. The normalized spacial score (nSPS) is 14.9. The summed E-state index contributed by atoms with van der Waals surface area (Å²) in [5.74, 6) is 0.995. The molecule has 5 heteroatoms. The standard InChI is InChI=1S/C22H29N3O2/c1-16-13-17(2)22(18(3)14-16)23-21(26)15-24-9-11-25(12-10-24)19-7-5-6-8-20(19)27-4/h5-8,13-14H,9-12,15H2,1-4H3,(H,23,26)/p+1. The molecule has 1 aliphatic heterocycles. The first kappa shape index (κ1) is 19.2. The number of nitrogens with zero attached hydrogens (tertiary/aromatic N) is 1. The van der Waals surface area contributed by atoms with Crippen molar-refractivity contribution in [1.82, 2.24) is 0 Å². The molecule has 144 valence electrons. The minimum Gasteiger partial charge on any atom is -0.495 e. The number of para-hydroxylation sites is 2. The first-order valence-electron chi connectivity index (χ1n) is 9.57. The third kappa shape index (κ3) is 4.61. The number of ether oxygens (including phenoxy) is 1. The zero-order valence-corrected chi connectivity index (χ0v) is 16.8. The quantitative estimate of drug-likeness (QED) is 0.848. The maximum absolute atomic E-state index is 12.6. The lowest BCUT2D eigenvalue weighted by Crippen LogP contribution is -3.15. The second-order valence-corrected chi connectivity index (χ2v) is 7.41. The lowest BCUT2D eigenvalue weighted by Gasteiger charge is -2.34. The molecule has 2 N–H and O–H groups in total. The molecule has 0 saturated carbocycles. The largest absolute Gasteiger partial charge is 0.495 e. The van der Waals surface area contributed by atoms with Gasteiger partial charge in [-0.15, -0.1) is 0 Å². The van der Waals surface area contributed by atoms with E-state index in [-0.39, 0.29) is 5.91 Å². The summed E-state index contributed by atoms with van der Waals surface area (Å²) in [6.45, 7) is 10.4. The Kier molecular flexibility index (Phi) is 6.01. The molecule has 2 aromatic rings. The number of carbonyl (C=O) groups is 1. The van der Waals surface area contributed by atoms with Crippen LogP contribution < -0.4 is 19.9 Å². The van der Waals surface area contributed by atoms with Crippen LogP contribution in [0, 0.1) is 20.8 Å². The molecule has 0 aliphatic carbocycles. The average Bonchev–Trinajstić information content (AvgIpc) is 2.65. The van der Waals surface area contributed by atoms with Crippen LogP contribution in [-0.4, -0.2) is 45.7 Å². The molecule has 1 amide bonds. The summed E-state index contributed by atoms with van der Waals surface area (Å²) in [5, 5.41) is 3.12. The molecule has 0 spiro atoms. The fourth-order valence-corrected chi connectivity index (χ4v) is 3.92. The van der Waals surface area contributed by atoms with E-state index >= 15 is 0 Å². The topological polar surface area (TPSA) is 46.0 Å². The van der Waals surface area contributed by atoms with Gasteiger partial charge in [0.05, 0.1) is 39.0 Å². The maximum Gasteiger partial charge on any atom is 0.279 e. The number of hydrogen-bond acceptors (Lipinski definition) is 3. The van der Waals surface area contributed by atoms with Crippen LogP contribution in [-0.2, 0) is 4.79 Å². The van der Waals surface area contributed by atoms with Crippen molar-refractivity contribution in [3.8, 4) is 5.75 Å². The van der Waals surface area contributed by atoms with Crippen molar-refractivity contribution in [1.29, 1.82) is 0 Å². The van der Waals surface area contributed by atoms with Gasteiger partial charge in [0, 0.05) is 5.69 Å². The maximum atomic E-state index is 12.6. The molecule has 5 nitrogen and oxygen atoms in total. The van der Waals surface area contributed by atoms with E-state index in [1.54, 1.807) is 7.11 Å². The van der Waals surface area contributed by atoms with E-state index in [2.05, 4.69) is 49.2 Å². The molecule has 1 saturated heterocycles. The van der Waals surface area contributed by atoms with E-state index in [9.17, 15) is 4.79 Å². The van der Waals surface area contributed by atoms with Gasteiger partial charge in [0.25, 0.3) is 5.91 Å². The fourth-order valence-electron chi connectivity index (χ4n) is 3.92.